The second-order valence-corrected chi connectivity index (χ2v) is 5.78. The predicted octanol–water partition coefficient (Wildman–Crippen LogP) is 3.03. The van der Waals surface area contributed by atoms with Crippen molar-refractivity contribution in [3.05, 3.63) is 35.9 Å². The molecule has 1 saturated carbocycles. The maximum absolute atomic E-state index is 11.9. The molecule has 0 atom stereocenters. The first-order chi connectivity index (χ1) is 10.7. The van der Waals surface area contributed by atoms with Crippen LogP contribution in [0.25, 0.3) is 6.08 Å². The first kappa shape index (κ1) is 16.5. The number of nitrogens with one attached hydrogen (secondary N) is 2. The molecule has 118 valence electrons. The van der Waals surface area contributed by atoms with Gasteiger partial charge in [0, 0.05) is 17.7 Å². The summed E-state index contributed by atoms with van der Waals surface area (Å²) in [6.07, 6.45) is 9.16. The van der Waals surface area contributed by atoms with Crippen molar-refractivity contribution in [2.24, 2.45) is 0 Å². The zero-order valence-corrected chi connectivity index (χ0v) is 13.6. The number of hydrogen-bond donors (Lipinski definition) is 2. The van der Waals surface area contributed by atoms with E-state index in [-0.39, 0.29) is 5.91 Å². The van der Waals surface area contributed by atoms with Crippen molar-refractivity contribution in [3.63, 3.8) is 0 Å². The number of carbonyl (C=O) groups is 1. The summed E-state index contributed by atoms with van der Waals surface area (Å²) in [5.41, 5.74) is 0.853. The molecule has 0 aliphatic heterocycles. The van der Waals surface area contributed by atoms with E-state index in [1.165, 1.54) is 25.3 Å². The molecule has 1 aromatic carbocycles. The molecule has 5 heteroatoms. The highest BCUT2D eigenvalue weighted by Crippen LogP contribution is 2.18. The summed E-state index contributed by atoms with van der Waals surface area (Å²) < 4.78 is 5.24. The van der Waals surface area contributed by atoms with E-state index in [1.54, 1.807) is 13.2 Å². The van der Waals surface area contributed by atoms with Gasteiger partial charge in [-0.3, -0.25) is 10.1 Å². The van der Waals surface area contributed by atoms with E-state index >= 15 is 0 Å². The van der Waals surface area contributed by atoms with Gasteiger partial charge in [0.15, 0.2) is 5.11 Å². The van der Waals surface area contributed by atoms with Crippen LogP contribution in [0.4, 0.5) is 0 Å². The SMILES string of the molecule is COc1ccccc1C=CC(=O)NC(=S)NC1CCCCC1. The number of carbonyl (C=O) groups excluding carboxylic acids is 1. The van der Waals surface area contributed by atoms with Crippen LogP contribution in [0.1, 0.15) is 37.7 Å². The molecular weight excluding hydrogens is 296 g/mol. The number of rotatable bonds is 4. The molecular formula is C17H22N2O2S. The van der Waals surface area contributed by atoms with Crippen molar-refractivity contribution < 1.29 is 9.53 Å². The third-order valence-corrected chi connectivity index (χ3v) is 3.95. The van der Waals surface area contributed by atoms with Gasteiger partial charge in [-0.2, -0.15) is 0 Å². The number of para-hydroxylation sites is 1. The van der Waals surface area contributed by atoms with Crippen molar-refractivity contribution in [1.82, 2.24) is 10.6 Å². The van der Waals surface area contributed by atoms with Gasteiger partial charge in [0.25, 0.3) is 0 Å². The highest BCUT2D eigenvalue weighted by molar-refractivity contribution is 7.80. The molecule has 22 heavy (non-hydrogen) atoms. The zero-order chi connectivity index (χ0) is 15.8. The largest absolute Gasteiger partial charge is 0.496 e. The molecule has 1 amide bonds. The van der Waals surface area contributed by atoms with Crippen LogP contribution in [0.15, 0.2) is 30.3 Å². The van der Waals surface area contributed by atoms with Gasteiger partial charge < -0.3 is 10.1 Å². The fourth-order valence-electron chi connectivity index (χ4n) is 2.59. The second-order valence-electron chi connectivity index (χ2n) is 5.37. The second kappa shape index (κ2) is 8.54. The molecule has 2 N–H and O–H groups in total. The lowest BCUT2D eigenvalue weighted by Crippen LogP contribution is -2.44. The Hall–Kier alpha value is -1.88. The Balaban J connectivity index is 1.83. The molecule has 1 aliphatic carbocycles. The van der Waals surface area contributed by atoms with Crippen LogP contribution in [0.2, 0.25) is 0 Å². The normalized spacial score (nSPS) is 15.5. The van der Waals surface area contributed by atoms with E-state index < -0.39 is 0 Å². The molecule has 0 unspecified atom stereocenters. The van der Waals surface area contributed by atoms with Gasteiger partial charge in [-0.1, -0.05) is 37.5 Å². The minimum Gasteiger partial charge on any atom is -0.496 e. The Morgan fingerprint density at radius 3 is 2.73 bits per heavy atom. The van der Waals surface area contributed by atoms with Crippen molar-refractivity contribution in [2.45, 2.75) is 38.1 Å². The molecule has 0 heterocycles. The first-order valence-corrected chi connectivity index (χ1v) is 8.02. The average Bonchev–Trinajstić information content (AvgIpc) is 2.54. The number of thiocarbonyl (C=S) groups is 1. The maximum Gasteiger partial charge on any atom is 0.250 e. The Morgan fingerprint density at radius 2 is 2.00 bits per heavy atom. The quantitative estimate of drug-likeness (QED) is 0.662. The molecule has 1 aromatic rings. The summed E-state index contributed by atoms with van der Waals surface area (Å²) in [7, 11) is 1.61. The number of hydrogen-bond acceptors (Lipinski definition) is 3. The highest BCUT2D eigenvalue weighted by atomic mass is 32.1. The van der Waals surface area contributed by atoms with Gasteiger partial charge in [-0.05, 0) is 37.2 Å². The molecule has 4 nitrogen and oxygen atoms in total. The van der Waals surface area contributed by atoms with E-state index in [1.807, 2.05) is 24.3 Å². The molecule has 0 aromatic heterocycles. The maximum atomic E-state index is 11.9. The molecule has 0 bridgehead atoms. The van der Waals surface area contributed by atoms with Gasteiger partial charge in [0.1, 0.15) is 5.75 Å². The van der Waals surface area contributed by atoms with Gasteiger partial charge >= 0.3 is 0 Å². The fraction of sp³-hybridized carbons (Fsp3) is 0.412. The van der Waals surface area contributed by atoms with Crippen LogP contribution in [-0.2, 0) is 4.79 Å². The van der Waals surface area contributed by atoms with E-state index in [2.05, 4.69) is 10.6 Å². The van der Waals surface area contributed by atoms with E-state index in [0.717, 1.165) is 24.2 Å². The summed E-state index contributed by atoms with van der Waals surface area (Å²) in [4.78, 5) is 11.9. The van der Waals surface area contributed by atoms with Gasteiger partial charge in [0.05, 0.1) is 7.11 Å². The molecule has 0 saturated heterocycles. The molecule has 0 radical (unpaired) electrons. The fourth-order valence-corrected chi connectivity index (χ4v) is 2.86. The van der Waals surface area contributed by atoms with Crippen molar-refractivity contribution in [1.29, 1.82) is 0 Å². The van der Waals surface area contributed by atoms with Gasteiger partial charge in [-0.25, -0.2) is 0 Å². The molecule has 0 spiro atoms. The lowest BCUT2D eigenvalue weighted by atomic mass is 9.96. The number of benzene rings is 1. The van der Waals surface area contributed by atoms with E-state index in [9.17, 15) is 4.79 Å². The Labute approximate surface area is 136 Å². The van der Waals surface area contributed by atoms with Gasteiger partial charge in [0.2, 0.25) is 5.91 Å². The highest BCUT2D eigenvalue weighted by Gasteiger charge is 2.14. The molecule has 1 fully saturated rings. The van der Waals surface area contributed by atoms with Crippen LogP contribution < -0.4 is 15.4 Å². The molecule has 2 rings (SSSR count). The summed E-state index contributed by atoms with van der Waals surface area (Å²) in [6.45, 7) is 0. The first-order valence-electron chi connectivity index (χ1n) is 7.61. The predicted molar refractivity (Wildman–Crippen MR) is 92.8 cm³/mol. The Kier molecular flexibility index (Phi) is 6.40. The van der Waals surface area contributed by atoms with E-state index in [0.29, 0.717) is 11.2 Å². The van der Waals surface area contributed by atoms with Crippen molar-refractivity contribution in [3.8, 4) is 5.75 Å². The van der Waals surface area contributed by atoms with Gasteiger partial charge in [-0.15, -0.1) is 0 Å². The van der Waals surface area contributed by atoms with E-state index in [4.69, 9.17) is 17.0 Å². The minimum absolute atomic E-state index is 0.237. The Bertz CT molecular complexity index is 551. The monoisotopic (exact) mass is 318 g/mol. The number of amides is 1. The summed E-state index contributed by atoms with van der Waals surface area (Å²) in [5.74, 6) is 0.494. The summed E-state index contributed by atoms with van der Waals surface area (Å²) >= 11 is 5.19. The third-order valence-electron chi connectivity index (χ3n) is 3.73. The lowest BCUT2D eigenvalue weighted by molar-refractivity contribution is -0.115. The van der Waals surface area contributed by atoms with Crippen LogP contribution in [-0.4, -0.2) is 24.2 Å². The van der Waals surface area contributed by atoms with Crippen molar-refractivity contribution >= 4 is 29.3 Å². The molecule has 1 aliphatic rings. The van der Waals surface area contributed by atoms with Crippen LogP contribution >= 0.6 is 12.2 Å². The lowest BCUT2D eigenvalue weighted by Gasteiger charge is -2.23. The third kappa shape index (κ3) is 5.15. The van der Waals surface area contributed by atoms with Crippen LogP contribution in [0.3, 0.4) is 0 Å². The average molecular weight is 318 g/mol. The summed E-state index contributed by atoms with van der Waals surface area (Å²) in [6, 6.07) is 7.92. The smallest absolute Gasteiger partial charge is 0.250 e. The number of methoxy groups -OCH3 is 1. The van der Waals surface area contributed by atoms with Crippen LogP contribution in [0, 0.1) is 0 Å². The van der Waals surface area contributed by atoms with Crippen LogP contribution in [0.5, 0.6) is 5.75 Å². The zero-order valence-electron chi connectivity index (χ0n) is 12.8. The van der Waals surface area contributed by atoms with Crippen molar-refractivity contribution in [2.75, 3.05) is 7.11 Å². The summed E-state index contributed by atoms with van der Waals surface area (Å²) in [5, 5.41) is 6.30. The number of ether oxygens (including phenoxy) is 1. The Morgan fingerprint density at radius 1 is 1.27 bits per heavy atom. The minimum atomic E-state index is -0.237. The topological polar surface area (TPSA) is 50.4 Å². The standard InChI is InChI=1S/C17H22N2O2S/c1-21-15-10-6-5-7-13(15)11-12-16(20)19-17(22)18-14-8-3-2-4-9-14/h5-7,10-12,14H,2-4,8-9H2,1H3,(H2,18,19,20,22).